The number of nitrogens with one attached hydrogen (secondary N) is 1. The van der Waals surface area contributed by atoms with Gasteiger partial charge >= 0.3 is 0 Å². The molecule has 1 atom stereocenters. The number of ether oxygens (including phenoxy) is 1. The first-order chi connectivity index (χ1) is 15.5. The summed E-state index contributed by atoms with van der Waals surface area (Å²) in [7, 11) is 0. The van der Waals surface area contributed by atoms with Crippen LogP contribution in [-0.2, 0) is 16.1 Å². The second-order valence-corrected chi connectivity index (χ2v) is 7.68. The van der Waals surface area contributed by atoms with Gasteiger partial charge in [-0.2, -0.15) is 0 Å². The molecule has 1 saturated heterocycles. The molecule has 1 aliphatic heterocycles. The molecular weight excluding hydrogens is 408 g/mol. The van der Waals surface area contributed by atoms with E-state index >= 15 is 0 Å². The number of aromatic nitrogens is 2. The van der Waals surface area contributed by atoms with Crippen molar-refractivity contribution in [2.45, 2.75) is 19.5 Å². The van der Waals surface area contributed by atoms with Crippen molar-refractivity contribution in [2.24, 2.45) is 0 Å². The smallest absolute Gasteiger partial charge is 0.266 e. The third kappa shape index (κ3) is 4.86. The normalized spacial score (nSPS) is 15.1. The van der Waals surface area contributed by atoms with Crippen LogP contribution >= 0.6 is 0 Å². The van der Waals surface area contributed by atoms with E-state index in [-0.39, 0.29) is 5.56 Å². The van der Waals surface area contributed by atoms with Crippen LogP contribution in [0.1, 0.15) is 29.7 Å². The number of morpholine rings is 1. The Labute approximate surface area is 185 Å². The van der Waals surface area contributed by atoms with Gasteiger partial charge in [-0.25, -0.2) is 10.5 Å². The first-order valence-electron chi connectivity index (χ1n) is 10.4. The molecule has 0 aliphatic carbocycles. The summed E-state index contributed by atoms with van der Waals surface area (Å²) in [6.45, 7) is 5.90. The van der Waals surface area contributed by atoms with Gasteiger partial charge in [0.1, 0.15) is 6.04 Å². The molecule has 2 N–H and O–H groups in total. The number of hydrogen-bond acceptors (Lipinski definition) is 6. The molecule has 0 radical (unpaired) electrons. The molecule has 8 heteroatoms. The predicted molar refractivity (Wildman–Crippen MR) is 119 cm³/mol. The summed E-state index contributed by atoms with van der Waals surface area (Å²) >= 11 is 0. The van der Waals surface area contributed by atoms with E-state index in [1.54, 1.807) is 23.7 Å². The van der Waals surface area contributed by atoms with Crippen LogP contribution in [-0.4, -0.2) is 51.9 Å². The molecule has 1 fully saturated rings. The molecular formula is C24H24N4O4. The fraction of sp³-hybridized carbons (Fsp3) is 0.292. The molecule has 0 bridgehead atoms. The third-order valence-electron chi connectivity index (χ3n) is 5.51. The molecule has 4 rings (SSSR count). The Morgan fingerprint density at radius 2 is 1.84 bits per heavy atom. The van der Waals surface area contributed by atoms with E-state index in [1.165, 1.54) is 23.4 Å². The molecule has 2 heterocycles. The van der Waals surface area contributed by atoms with Gasteiger partial charge in [-0.15, -0.1) is 0 Å². The van der Waals surface area contributed by atoms with Gasteiger partial charge in [0.05, 0.1) is 30.4 Å². The minimum absolute atomic E-state index is 0.360. The van der Waals surface area contributed by atoms with Crippen LogP contribution in [0.25, 0.3) is 10.9 Å². The molecule has 3 aromatic rings. The zero-order valence-electron chi connectivity index (χ0n) is 17.7. The lowest BCUT2D eigenvalue weighted by molar-refractivity contribution is -0.132. The maximum absolute atomic E-state index is 12.7. The molecule has 1 aromatic heterocycles. The minimum Gasteiger partial charge on any atom is -0.379 e. The zero-order valence-corrected chi connectivity index (χ0v) is 17.7. The topological polar surface area (TPSA) is 96.7 Å². The lowest BCUT2D eigenvalue weighted by Crippen LogP contribution is -2.35. The van der Waals surface area contributed by atoms with E-state index in [0.717, 1.165) is 44.0 Å². The van der Waals surface area contributed by atoms with Gasteiger partial charge in [0, 0.05) is 30.8 Å². The zero-order chi connectivity index (χ0) is 22.5. The van der Waals surface area contributed by atoms with Gasteiger partial charge in [0.15, 0.2) is 0 Å². The summed E-state index contributed by atoms with van der Waals surface area (Å²) in [6, 6.07) is 12.5. The van der Waals surface area contributed by atoms with Crippen LogP contribution < -0.4 is 11.0 Å². The van der Waals surface area contributed by atoms with E-state index < -0.39 is 11.9 Å². The van der Waals surface area contributed by atoms with Crippen molar-refractivity contribution in [3.63, 3.8) is 0 Å². The van der Waals surface area contributed by atoms with Crippen molar-refractivity contribution in [3.05, 3.63) is 75.8 Å². The Hall–Kier alpha value is -3.51. The fourth-order valence-corrected chi connectivity index (χ4v) is 3.56. The van der Waals surface area contributed by atoms with Crippen LogP contribution in [0.3, 0.4) is 0 Å². The lowest BCUT2D eigenvalue weighted by Gasteiger charge is -2.26. The number of benzene rings is 2. The van der Waals surface area contributed by atoms with Gasteiger partial charge < -0.3 is 4.74 Å². The third-order valence-corrected chi connectivity index (χ3v) is 5.51. The van der Waals surface area contributed by atoms with Gasteiger partial charge in [-0.1, -0.05) is 24.0 Å². The van der Waals surface area contributed by atoms with Crippen molar-refractivity contribution in [1.82, 2.24) is 19.9 Å². The number of carbonyl (C=O) groups is 1. The van der Waals surface area contributed by atoms with E-state index in [2.05, 4.69) is 33.9 Å². The Bertz CT molecular complexity index is 1230. The first-order valence-corrected chi connectivity index (χ1v) is 10.4. The van der Waals surface area contributed by atoms with Crippen LogP contribution in [0.15, 0.2) is 53.6 Å². The number of amides is 1. The first kappa shape index (κ1) is 21.7. The summed E-state index contributed by atoms with van der Waals surface area (Å²) in [5, 5.41) is 9.17. The van der Waals surface area contributed by atoms with Crippen molar-refractivity contribution in [1.29, 1.82) is 0 Å². The lowest BCUT2D eigenvalue weighted by atomic mass is 10.1. The SMILES string of the molecule is CC(C(=O)NO)n1cnc2cc(C#Cc3ccc(CN4CCOCC4)cc3)ccc2c1=O. The van der Waals surface area contributed by atoms with E-state index in [4.69, 9.17) is 9.94 Å². The van der Waals surface area contributed by atoms with Crippen LogP contribution in [0.2, 0.25) is 0 Å². The van der Waals surface area contributed by atoms with Crippen molar-refractivity contribution < 1.29 is 14.7 Å². The second-order valence-electron chi connectivity index (χ2n) is 7.68. The quantitative estimate of drug-likeness (QED) is 0.370. The van der Waals surface area contributed by atoms with Crippen LogP contribution in [0.4, 0.5) is 0 Å². The molecule has 2 aromatic carbocycles. The van der Waals surface area contributed by atoms with Gasteiger partial charge in [-0.05, 0) is 42.8 Å². The second kappa shape index (κ2) is 9.75. The van der Waals surface area contributed by atoms with E-state index in [9.17, 15) is 9.59 Å². The summed E-state index contributed by atoms with van der Waals surface area (Å²) in [6.07, 6.45) is 1.30. The van der Waals surface area contributed by atoms with Gasteiger partial charge in [-0.3, -0.25) is 24.3 Å². The van der Waals surface area contributed by atoms with E-state index in [1.807, 2.05) is 12.1 Å². The number of hydrogen-bond donors (Lipinski definition) is 2. The highest BCUT2D eigenvalue weighted by Gasteiger charge is 2.17. The fourth-order valence-electron chi connectivity index (χ4n) is 3.56. The molecule has 1 aliphatic rings. The highest BCUT2D eigenvalue weighted by Crippen LogP contribution is 2.12. The highest BCUT2D eigenvalue weighted by molar-refractivity contribution is 5.81. The maximum Gasteiger partial charge on any atom is 0.266 e. The Morgan fingerprint density at radius 3 is 2.56 bits per heavy atom. The molecule has 0 spiro atoms. The summed E-state index contributed by atoms with van der Waals surface area (Å²) in [4.78, 5) is 30.9. The Morgan fingerprint density at radius 1 is 1.16 bits per heavy atom. The number of nitrogens with zero attached hydrogens (tertiary/aromatic N) is 3. The number of rotatable bonds is 4. The van der Waals surface area contributed by atoms with Crippen LogP contribution in [0, 0.1) is 11.8 Å². The largest absolute Gasteiger partial charge is 0.379 e. The average molecular weight is 432 g/mol. The number of hydroxylamine groups is 1. The van der Waals surface area contributed by atoms with Gasteiger partial charge in [0.25, 0.3) is 11.5 Å². The van der Waals surface area contributed by atoms with Crippen LogP contribution in [0.5, 0.6) is 0 Å². The van der Waals surface area contributed by atoms with Gasteiger partial charge in [0.2, 0.25) is 0 Å². The van der Waals surface area contributed by atoms with Crippen molar-refractivity contribution >= 4 is 16.8 Å². The average Bonchev–Trinajstić information content (AvgIpc) is 2.83. The monoisotopic (exact) mass is 432 g/mol. The molecule has 1 amide bonds. The molecule has 8 nitrogen and oxygen atoms in total. The highest BCUT2D eigenvalue weighted by atomic mass is 16.5. The van der Waals surface area contributed by atoms with E-state index in [0.29, 0.717) is 10.9 Å². The summed E-state index contributed by atoms with van der Waals surface area (Å²) in [5.41, 5.74) is 4.57. The predicted octanol–water partition coefficient (Wildman–Crippen LogP) is 1.69. The van der Waals surface area contributed by atoms with Crippen molar-refractivity contribution in [3.8, 4) is 11.8 Å². The van der Waals surface area contributed by atoms with Crippen molar-refractivity contribution in [2.75, 3.05) is 26.3 Å². The molecule has 32 heavy (non-hydrogen) atoms. The number of carbonyl (C=O) groups excluding carboxylic acids is 1. The summed E-state index contributed by atoms with van der Waals surface area (Å²) in [5.74, 6) is 5.57. The standard InChI is InChI=1S/C24H24N4O4/c1-17(23(29)26-31)28-16-25-22-14-19(8-9-21(22)24(28)30)5-2-18-3-6-20(7-4-18)15-27-10-12-32-13-11-27/h3-4,6-9,14,16-17,31H,10-13,15H2,1H3,(H,26,29). The summed E-state index contributed by atoms with van der Waals surface area (Å²) < 4.78 is 6.56. The maximum atomic E-state index is 12.7. The minimum atomic E-state index is -0.880. The Balaban J connectivity index is 1.50. The Kier molecular flexibility index (Phi) is 6.61. The molecule has 164 valence electrons. The number of fused-ring (bicyclic) bond motifs is 1. The molecule has 0 saturated carbocycles. The molecule has 1 unspecified atom stereocenters.